The zero-order valence-electron chi connectivity index (χ0n) is 9.83. The number of rotatable bonds is 2. The minimum Gasteiger partial charge on any atom is -0.489 e. The summed E-state index contributed by atoms with van der Waals surface area (Å²) in [5.74, 6) is 0.755. The number of carbonyl (C=O) groups is 1. The maximum atomic E-state index is 11.5. The number of nitrogens with one attached hydrogen (secondary N) is 1. The highest BCUT2D eigenvalue weighted by molar-refractivity contribution is 6.33. The summed E-state index contributed by atoms with van der Waals surface area (Å²) in [5, 5.41) is 2.09. The monoisotopic (exact) mass is 289 g/mol. The van der Waals surface area contributed by atoms with Gasteiger partial charge in [-0.2, -0.15) is 0 Å². The van der Waals surface area contributed by atoms with Gasteiger partial charge in [0.1, 0.15) is 5.38 Å². The second-order valence-electron chi connectivity index (χ2n) is 3.86. The van der Waals surface area contributed by atoms with Crippen LogP contribution in [0.5, 0.6) is 11.5 Å². The second kappa shape index (κ2) is 5.67. The number of hydrogen-bond acceptors (Lipinski definition) is 3. The van der Waals surface area contributed by atoms with E-state index in [1.165, 1.54) is 7.05 Å². The van der Waals surface area contributed by atoms with Crippen molar-refractivity contribution < 1.29 is 14.3 Å². The van der Waals surface area contributed by atoms with E-state index in [1.807, 2.05) is 0 Å². The summed E-state index contributed by atoms with van der Waals surface area (Å²) in [4.78, 5) is 11.5. The summed E-state index contributed by atoms with van der Waals surface area (Å²) in [7, 11) is 1.53. The number of carbonyl (C=O) groups excluding carboxylic acids is 1. The molecule has 0 spiro atoms. The Morgan fingerprint density at radius 1 is 1.39 bits per heavy atom. The number of ether oxygens (including phenoxy) is 2. The smallest absolute Gasteiger partial charge is 0.242 e. The molecule has 4 nitrogen and oxygen atoms in total. The Balaban J connectivity index is 2.37. The van der Waals surface area contributed by atoms with Gasteiger partial charge < -0.3 is 14.8 Å². The summed E-state index contributed by atoms with van der Waals surface area (Å²) in [5.41, 5.74) is 0.588. The third-order valence-electron chi connectivity index (χ3n) is 2.59. The van der Waals surface area contributed by atoms with Crippen LogP contribution in [0.2, 0.25) is 5.02 Å². The van der Waals surface area contributed by atoms with Crippen molar-refractivity contribution in [2.75, 3.05) is 20.3 Å². The fourth-order valence-electron chi connectivity index (χ4n) is 1.68. The van der Waals surface area contributed by atoms with Crippen LogP contribution in [0.1, 0.15) is 17.4 Å². The van der Waals surface area contributed by atoms with E-state index >= 15 is 0 Å². The first kappa shape index (κ1) is 13.3. The predicted molar refractivity (Wildman–Crippen MR) is 69.7 cm³/mol. The summed E-state index contributed by atoms with van der Waals surface area (Å²) in [6.07, 6.45) is 0.792. The average molecular weight is 290 g/mol. The lowest BCUT2D eigenvalue weighted by atomic mass is 10.1. The van der Waals surface area contributed by atoms with Crippen LogP contribution < -0.4 is 14.8 Å². The Bertz CT molecular complexity index is 465. The molecule has 1 atom stereocenters. The number of halogens is 2. The summed E-state index contributed by atoms with van der Waals surface area (Å²) >= 11 is 12.2. The van der Waals surface area contributed by atoms with Gasteiger partial charge in [0.05, 0.1) is 18.2 Å². The molecule has 1 heterocycles. The summed E-state index contributed by atoms with van der Waals surface area (Å²) in [6, 6.07) is 3.32. The van der Waals surface area contributed by atoms with E-state index in [-0.39, 0.29) is 5.91 Å². The van der Waals surface area contributed by atoms with E-state index in [2.05, 4.69) is 5.32 Å². The Kier molecular flexibility index (Phi) is 4.19. The van der Waals surface area contributed by atoms with E-state index in [0.29, 0.717) is 35.3 Å². The fourth-order valence-corrected chi connectivity index (χ4v) is 2.18. The van der Waals surface area contributed by atoms with E-state index in [9.17, 15) is 4.79 Å². The van der Waals surface area contributed by atoms with Crippen LogP contribution in [0.15, 0.2) is 12.1 Å². The van der Waals surface area contributed by atoms with Crippen molar-refractivity contribution >= 4 is 29.1 Å². The normalized spacial score (nSPS) is 15.7. The number of benzene rings is 1. The van der Waals surface area contributed by atoms with Gasteiger partial charge in [-0.3, -0.25) is 4.79 Å². The Morgan fingerprint density at radius 3 is 2.83 bits per heavy atom. The largest absolute Gasteiger partial charge is 0.489 e. The van der Waals surface area contributed by atoms with Crippen LogP contribution in [0, 0.1) is 0 Å². The molecule has 0 aromatic heterocycles. The van der Waals surface area contributed by atoms with Gasteiger partial charge in [0.15, 0.2) is 11.5 Å². The van der Waals surface area contributed by atoms with E-state index in [1.54, 1.807) is 12.1 Å². The van der Waals surface area contributed by atoms with E-state index < -0.39 is 5.38 Å². The number of likely N-dealkylation sites (N-methyl/N-ethyl adjacent to an activating group) is 1. The Morgan fingerprint density at radius 2 is 2.11 bits per heavy atom. The molecule has 1 aliphatic rings. The van der Waals surface area contributed by atoms with Crippen molar-refractivity contribution in [2.45, 2.75) is 11.8 Å². The summed E-state index contributed by atoms with van der Waals surface area (Å²) < 4.78 is 11.0. The SMILES string of the molecule is CNC(=O)C(Cl)c1cc(Cl)c2c(c1)OCCCO2. The van der Waals surface area contributed by atoms with Gasteiger partial charge in [0.2, 0.25) is 5.91 Å². The molecule has 0 saturated carbocycles. The van der Waals surface area contributed by atoms with Gasteiger partial charge in [-0.1, -0.05) is 11.6 Å². The Labute approximate surface area is 115 Å². The molecule has 6 heteroatoms. The zero-order chi connectivity index (χ0) is 13.1. The number of alkyl halides is 1. The van der Waals surface area contributed by atoms with Crippen molar-refractivity contribution in [1.82, 2.24) is 5.32 Å². The molecule has 0 bridgehead atoms. The lowest BCUT2D eigenvalue weighted by Gasteiger charge is -2.14. The van der Waals surface area contributed by atoms with E-state index in [4.69, 9.17) is 32.7 Å². The van der Waals surface area contributed by atoms with Crippen LogP contribution in [-0.2, 0) is 4.79 Å². The molecular weight excluding hydrogens is 277 g/mol. The maximum absolute atomic E-state index is 11.5. The lowest BCUT2D eigenvalue weighted by Crippen LogP contribution is -2.22. The molecule has 0 radical (unpaired) electrons. The van der Waals surface area contributed by atoms with Crippen molar-refractivity contribution in [3.63, 3.8) is 0 Å². The topological polar surface area (TPSA) is 47.6 Å². The molecule has 98 valence electrons. The first-order valence-corrected chi connectivity index (χ1v) is 6.39. The molecule has 1 unspecified atom stereocenters. The molecule has 1 aliphatic heterocycles. The highest BCUT2D eigenvalue weighted by atomic mass is 35.5. The minimum absolute atomic E-state index is 0.290. The minimum atomic E-state index is -0.801. The van der Waals surface area contributed by atoms with Crippen LogP contribution in [0.4, 0.5) is 0 Å². The van der Waals surface area contributed by atoms with Crippen LogP contribution in [-0.4, -0.2) is 26.2 Å². The highest BCUT2D eigenvalue weighted by Gasteiger charge is 2.22. The number of fused-ring (bicyclic) bond motifs is 1. The van der Waals surface area contributed by atoms with Crippen molar-refractivity contribution in [2.24, 2.45) is 0 Å². The zero-order valence-corrected chi connectivity index (χ0v) is 11.3. The van der Waals surface area contributed by atoms with Crippen LogP contribution in [0.3, 0.4) is 0 Å². The van der Waals surface area contributed by atoms with Gasteiger partial charge in [-0.25, -0.2) is 0 Å². The summed E-state index contributed by atoms with van der Waals surface area (Å²) in [6.45, 7) is 1.12. The highest BCUT2D eigenvalue weighted by Crippen LogP contribution is 2.40. The maximum Gasteiger partial charge on any atom is 0.242 e. The molecule has 1 aromatic rings. The molecule has 18 heavy (non-hydrogen) atoms. The van der Waals surface area contributed by atoms with Crippen molar-refractivity contribution in [3.8, 4) is 11.5 Å². The van der Waals surface area contributed by atoms with Crippen molar-refractivity contribution in [3.05, 3.63) is 22.7 Å². The second-order valence-corrected chi connectivity index (χ2v) is 4.70. The molecule has 1 amide bonds. The molecule has 1 N–H and O–H groups in total. The third-order valence-corrected chi connectivity index (χ3v) is 3.32. The molecule has 0 fully saturated rings. The quantitative estimate of drug-likeness (QED) is 0.851. The average Bonchev–Trinajstić information content (AvgIpc) is 2.62. The molecule has 2 rings (SSSR count). The Hall–Kier alpha value is -1.13. The van der Waals surface area contributed by atoms with Gasteiger partial charge in [0, 0.05) is 13.5 Å². The van der Waals surface area contributed by atoms with E-state index in [0.717, 1.165) is 6.42 Å². The standard InChI is InChI=1S/C12H13Cl2NO3/c1-15-12(16)10(14)7-5-8(13)11-9(6-7)17-3-2-4-18-11/h5-6,10H,2-4H2,1H3,(H,15,16). The van der Waals surface area contributed by atoms with Gasteiger partial charge >= 0.3 is 0 Å². The first-order chi connectivity index (χ1) is 8.63. The predicted octanol–water partition coefficient (Wildman–Crippen LogP) is 2.53. The van der Waals surface area contributed by atoms with Crippen molar-refractivity contribution in [1.29, 1.82) is 0 Å². The van der Waals surface area contributed by atoms with Gasteiger partial charge in [-0.05, 0) is 17.7 Å². The fraction of sp³-hybridized carbons (Fsp3) is 0.417. The van der Waals surface area contributed by atoms with Gasteiger partial charge in [-0.15, -0.1) is 11.6 Å². The molecule has 1 aromatic carbocycles. The van der Waals surface area contributed by atoms with Crippen LogP contribution in [0.25, 0.3) is 0 Å². The van der Waals surface area contributed by atoms with Crippen LogP contribution >= 0.6 is 23.2 Å². The molecule has 0 aliphatic carbocycles. The number of amides is 1. The molecule has 0 saturated heterocycles. The first-order valence-electron chi connectivity index (χ1n) is 5.58. The van der Waals surface area contributed by atoms with Gasteiger partial charge in [0.25, 0.3) is 0 Å². The number of hydrogen-bond donors (Lipinski definition) is 1. The molecular formula is C12H13Cl2NO3. The lowest BCUT2D eigenvalue weighted by molar-refractivity contribution is -0.120. The third kappa shape index (κ3) is 2.65.